The number of aliphatic imine (C=N–C) groups is 1. The molecule has 0 aliphatic carbocycles. The number of hydrogen-bond donors (Lipinski definition) is 0. The topological polar surface area (TPSA) is 123 Å². The number of carbonyl (C=O) groups is 2. The van der Waals surface area contributed by atoms with E-state index in [1.807, 2.05) is 0 Å². The van der Waals surface area contributed by atoms with Crippen LogP contribution in [0, 0.1) is 5.92 Å². The van der Waals surface area contributed by atoms with Gasteiger partial charge in [0.05, 0.1) is 24.8 Å². The average molecular weight is 400 g/mol. The van der Waals surface area contributed by atoms with Crippen molar-refractivity contribution >= 4 is 23.7 Å². The van der Waals surface area contributed by atoms with E-state index in [0.717, 1.165) is 4.57 Å². The molecule has 1 aliphatic heterocycles. The van der Waals surface area contributed by atoms with E-state index in [-0.39, 0.29) is 41.9 Å². The molecule has 0 saturated heterocycles. The maximum absolute atomic E-state index is 12.3. The van der Waals surface area contributed by atoms with Gasteiger partial charge in [0.25, 0.3) is 11.5 Å². The first-order valence-corrected chi connectivity index (χ1v) is 9.07. The molecule has 1 aromatic heterocycles. The van der Waals surface area contributed by atoms with Gasteiger partial charge < -0.3 is 19.1 Å². The molecule has 2 heterocycles. The molecular weight excluding hydrogens is 378 g/mol. The number of hydrogen-bond acceptors (Lipinski definition) is 7. The van der Waals surface area contributed by atoms with Gasteiger partial charge >= 0.3 is 0 Å². The first kappa shape index (κ1) is 21.8. The van der Waals surface area contributed by atoms with Crippen molar-refractivity contribution in [3.63, 3.8) is 0 Å². The molecule has 9 heteroatoms. The van der Waals surface area contributed by atoms with Crippen LogP contribution in [-0.2, 0) is 21.4 Å². The summed E-state index contributed by atoms with van der Waals surface area (Å²) in [5.74, 6) is -1.80. The van der Waals surface area contributed by atoms with E-state index < -0.39 is 23.4 Å². The van der Waals surface area contributed by atoms with Crippen LogP contribution < -0.4 is 15.4 Å². The Bertz CT molecular complexity index is 985. The minimum Gasteiger partial charge on any atom is -0.846 e. The Hall–Kier alpha value is -3.49. The molecule has 1 aromatic rings. The second kappa shape index (κ2) is 9.63. The van der Waals surface area contributed by atoms with Crippen molar-refractivity contribution in [1.29, 1.82) is 0 Å². The number of ether oxygens (including phenoxy) is 2. The summed E-state index contributed by atoms with van der Waals surface area (Å²) in [4.78, 5) is 43.9. The summed E-state index contributed by atoms with van der Waals surface area (Å²) in [5.41, 5.74) is -0.195. The van der Waals surface area contributed by atoms with Gasteiger partial charge in [-0.25, -0.2) is 4.98 Å². The van der Waals surface area contributed by atoms with E-state index in [0.29, 0.717) is 0 Å². The summed E-state index contributed by atoms with van der Waals surface area (Å²) >= 11 is 0. The largest absolute Gasteiger partial charge is 0.846 e. The molecule has 1 unspecified atom stereocenters. The van der Waals surface area contributed by atoms with E-state index >= 15 is 0 Å². The zero-order chi connectivity index (χ0) is 21.6. The lowest BCUT2D eigenvalue weighted by atomic mass is 9.95. The van der Waals surface area contributed by atoms with Gasteiger partial charge in [-0.15, -0.1) is 0 Å². The fraction of sp³-hybridized carbons (Fsp3) is 0.350. The number of carbonyl (C=O) groups excluding carboxylic acids is 2. The highest BCUT2D eigenvalue weighted by Crippen LogP contribution is 2.18. The van der Waals surface area contributed by atoms with Crippen molar-refractivity contribution in [2.24, 2.45) is 18.0 Å². The van der Waals surface area contributed by atoms with Gasteiger partial charge in [0, 0.05) is 7.05 Å². The SMILES string of the molecule is CCOC1=NC(=O)C(C)C(=O)C1=CC=CC=Cc1c(OCC)nc([O-])n(C)c1=O. The number of aromatic nitrogens is 2. The predicted octanol–water partition coefficient (Wildman–Crippen LogP) is 0.929. The third-order valence-electron chi connectivity index (χ3n) is 4.03. The number of ketones is 1. The fourth-order valence-corrected chi connectivity index (χ4v) is 2.45. The van der Waals surface area contributed by atoms with E-state index in [4.69, 9.17) is 9.47 Å². The molecule has 0 spiro atoms. The molecule has 1 amide bonds. The Morgan fingerprint density at radius 2 is 1.79 bits per heavy atom. The highest BCUT2D eigenvalue weighted by molar-refractivity contribution is 6.30. The monoisotopic (exact) mass is 400 g/mol. The molecule has 0 saturated carbocycles. The summed E-state index contributed by atoms with van der Waals surface area (Å²) in [5, 5.41) is 11.7. The molecule has 0 bridgehead atoms. The van der Waals surface area contributed by atoms with Gasteiger partial charge in [0.2, 0.25) is 11.8 Å². The third-order valence-corrected chi connectivity index (χ3v) is 4.03. The van der Waals surface area contributed by atoms with Crippen molar-refractivity contribution in [1.82, 2.24) is 9.55 Å². The van der Waals surface area contributed by atoms with Crippen LogP contribution in [0.4, 0.5) is 0 Å². The molecule has 154 valence electrons. The molecule has 0 aromatic carbocycles. The Balaban J connectivity index is 2.30. The van der Waals surface area contributed by atoms with Crippen LogP contribution in [0.25, 0.3) is 6.08 Å². The average Bonchev–Trinajstić information content (AvgIpc) is 2.68. The van der Waals surface area contributed by atoms with E-state index in [1.54, 1.807) is 32.1 Å². The van der Waals surface area contributed by atoms with Crippen molar-refractivity contribution < 1.29 is 24.2 Å². The van der Waals surface area contributed by atoms with Gasteiger partial charge in [0.1, 0.15) is 11.5 Å². The lowest BCUT2D eigenvalue weighted by Crippen LogP contribution is -2.32. The zero-order valence-electron chi connectivity index (χ0n) is 16.7. The molecule has 1 aliphatic rings. The molecule has 29 heavy (non-hydrogen) atoms. The number of amides is 1. The molecule has 0 N–H and O–H groups in total. The smallest absolute Gasteiger partial charge is 0.263 e. The molecule has 2 rings (SSSR count). The maximum atomic E-state index is 12.3. The van der Waals surface area contributed by atoms with E-state index in [9.17, 15) is 19.5 Å². The second-order valence-electron chi connectivity index (χ2n) is 6.01. The molecular formula is C20H22N3O6-. The summed E-state index contributed by atoms with van der Waals surface area (Å²) in [7, 11) is 1.33. The minimum atomic E-state index is -0.858. The minimum absolute atomic E-state index is 0.00281. The van der Waals surface area contributed by atoms with Crippen LogP contribution in [0.3, 0.4) is 0 Å². The first-order chi connectivity index (χ1) is 13.8. The standard InChI is InChI=1S/C20H23N3O6/c1-5-28-17-13(15(24)12(3)16(25)21-17)10-8-7-9-11-14-18(29-6-2)22-20(27)23(4)19(14)26/h7-12H,5-6H2,1-4H3,(H,22,27)/p-1. The fourth-order valence-electron chi connectivity index (χ4n) is 2.45. The molecule has 0 radical (unpaired) electrons. The normalized spacial score (nSPS) is 18.7. The van der Waals surface area contributed by atoms with Gasteiger partial charge in [-0.3, -0.25) is 14.4 Å². The van der Waals surface area contributed by atoms with Crippen molar-refractivity contribution in [2.75, 3.05) is 13.2 Å². The number of rotatable bonds is 6. The van der Waals surface area contributed by atoms with Crippen LogP contribution in [-0.4, -0.2) is 40.4 Å². The molecule has 9 nitrogen and oxygen atoms in total. The van der Waals surface area contributed by atoms with Crippen LogP contribution in [0.2, 0.25) is 0 Å². The van der Waals surface area contributed by atoms with Gasteiger partial charge in [-0.05, 0) is 32.9 Å². The van der Waals surface area contributed by atoms with Gasteiger partial charge in [0.15, 0.2) is 5.78 Å². The van der Waals surface area contributed by atoms with Crippen LogP contribution >= 0.6 is 0 Å². The summed E-state index contributed by atoms with van der Waals surface area (Å²) in [6, 6.07) is -0.696. The van der Waals surface area contributed by atoms with Crippen LogP contribution in [0.5, 0.6) is 11.9 Å². The Morgan fingerprint density at radius 1 is 1.10 bits per heavy atom. The summed E-state index contributed by atoms with van der Waals surface area (Å²) in [6.07, 6.45) is 7.62. The Labute approximate surface area is 167 Å². The van der Waals surface area contributed by atoms with Gasteiger partial charge in [-0.2, -0.15) is 4.99 Å². The van der Waals surface area contributed by atoms with Crippen LogP contribution in [0.1, 0.15) is 26.3 Å². The molecule has 1 atom stereocenters. The van der Waals surface area contributed by atoms with Crippen molar-refractivity contribution in [2.45, 2.75) is 20.8 Å². The Kier molecular flexibility index (Phi) is 7.24. The highest BCUT2D eigenvalue weighted by Gasteiger charge is 2.33. The number of Topliss-reactive ketones (excluding diaryl/α,β-unsaturated/α-hetero) is 1. The molecule has 0 fully saturated rings. The second-order valence-corrected chi connectivity index (χ2v) is 6.01. The number of allylic oxidation sites excluding steroid dienone is 4. The third kappa shape index (κ3) is 4.87. The number of nitrogens with zero attached hydrogens (tertiary/aromatic N) is 3. The maximum Gasteiger partial charge on any atom is 0.263 e. The summed E-state index contributed by atoms with van der Waals surface area (Å²) in [6.45, 7) is 5.45. The quantitative estimate of drug-likeness (QED) is 0.395. The van der Waals surface area contributed by atoms with E-state index in [1.165, 1.54) is 26.1 Å². The highest BCUT2D eigenvalue weighted by atomic mass is 16.5. The summed E-state index contributed by atoms with van der Waals surface area (Å²) < 4.78 is 11.4. The predicted molar refractivity (Wildman–Crippen MR) is 105 cm³/mol. The Morgan fingerprint density at radius 3 is 2.45 bits per heavy atom. The first-order valence-electron chi connectivity index (χ1n) is 9.07. The van der Waals surface area contributed by atoms with E-state index in [2.05, 4.69) is 9.98 Å². The zero-order valence-corrected chi connectivity index (χ0v) is 16.7. The van der Waals surface area contributed by atoms with Crippen molar-refractivity contribution in [3.8, 4) is 11.9 Å². The van der Waals surface area contributed by atoms with Crippen LogP contribution in [0.15, 0.2) is 39.7 Å². The van der Waals surface area contributed by atoms with Crippen molar-refractivity contribution in [3.05, 3.63) is 45.8 Å². The lowest BCUT2D eigenvalue weighted by Gasteiger charge is -2.17. The van der Waals surface area contributed by atoms with Gasteiger partial charge in [-0.1, -0.05) is 18.2 Å². The lowest BCUT2D eigenvalue weighted by molar-refractivity contribution is -0.286.